The van der Waals surface area contributed by atoms with Crippen LogP contribution >= 0.6 is 15.9 Å². The second-order valence-electron chi connectivity index (χ2n) is 5.96. The van der Waals surface area contributed by atoms with Crippen molar-refractivity contribution >= 4 is 21.6 Å². The van der Waals surface area contributed by atoms with Gasteiger partial charge in [0.1, 0.15) is 0 Å². The van der Waals surface area contributed by atoms with Gasteiger partial charge >= 0.3 is 0 Å². The lowest BCUT2D eigenvalue weighted by atomic mass is 9.94. The molecular formula is C15H23BrN2. The molecule has 0 heterocycles. The number of benzene rings is 1. The molecule has 0 amide bonds. The molecule has 1 aromatic rings. The smallest absolute Gasteiger partial charge is 0.0470 e. The van der Waals surface area contributed by atoms with E-state index in [1.54, 1.807) is 0 Å². The summed E-state index contributed by atoms with van der Waals surface area (Å²) in [6.07, 6.45) is 3.92. The van der Waals surface area contributed by atoms with Crippen LogP contribution in [-0.2, 0) is 0 Å². The minimum atomic E-state index is 0.0217. The quantitative estimate of drug-likeness (QED) is 0.863. The molecule has 1 aliphatic carbocycles. The van der Waals surface area contributed by atoms with Crippen molar-refractivity contribution in [1.82, 2.24) is 0 Å². The molecule has 1 aromatic carbocycles. The zero-order valence-electron chi connectivity index (χ0n) is 11.5. The van der Waals surface area contributed by atoms with Crippen molar-refractivity contribution in [2.24, 2.45) is 11.7 Å². The van der Waals surface area contributed by atoms with Crippen LogP contribution in [0.25, 0.3) is 0 Å². The summed E-state index contributed by atoms with van der Waals surface area (Å²) in [6.45, 7) is 7.17. The Hall–Kier alpha value is -0.540. The van der Waals surface area contributed by atoms with E-state index in [0.29, 0.717) is 6.54 Å². The molecule has 1 atom stereocenters. The van der Waals surface area contributed by atoms with Gasteiger partial charge in [-0.25, -0.2) is 0 Å². The van der Waals surface area contributed by atoms with Crippen LogP contribution in [0.3, 0.4) is 0 Å². The average molecular weight is 311 g/mol. The molecule has 18 heavy (non-hydrogen) atoms. The molecule has 2 rings (SSSR count). The average Bonchev–Trinajstić information content (AvgIpc) is 3.09. The highest BCUT2D eigenvalue weighted by molar-refractivity contribution is 9.10. The molecule has 0 radical (unpaired) electrons. The highest BCUT2D eigenvalue weighted by Crippen LogP contribution is 2.38. The summed E-state index contributed by atoms with van der Waals surface area (Å²) in [7, 11) is 0. The SMILES string of the molecule is Cc1cc(NC(C)(CN)CC2CC2)cc(C)c1Br. The predicted octanol–water partition coefficient (Wildman–Crippen LogP) is 4.00. The second kappa shape index (κ2) is 5.22. The Balaban J connectivity index is 2.15. The van der Waals surface area contributed by atoms with Crippen molar-refractivity contribution in [2.45, 2.75) is 45.6 Å². The summed E-state index contributed by atoms with van der Waals surface area (Å²) in [4.78, 5) is 0. The molecular weight excluding hydrogens is 288 g/mol. The first-order valence-electron chi connectivity index (χ1n) is 6.68. The Morgan fingerprint density at radius 2 is 1.89 bits per heavy atom. The molecule has 0 aromatic heterocycles. The minimum Gasteiger partial charge on any atom is -0.379 e. The van der Waals surface area contributed by atoms with Crippen LogP contribution in [0.5, 0.6) is 0 Å². The van der Waals surface area contributed by atoms with Gasteiger partial charge in [-0.2, -0.15) is 0 Å². The van der Waals surface area contributed by atoms with Crippen molar-refractivity contribution < 1.29 is 0 Å². The Bertz CT molecular complexity index is 417. The fourth-order valence-corrected chi connectivity index (χ4v) is 2.74. The van der Waals surface area contributed by atoms with E-state index < -0.39 is 0 Å². The molecule has 2 nitrogen and oxygen atoms in total. The first-order valence-corrected chi connectivity index (χ1v) is 7.48. The number of nitrogens with two attached hydrogens (primary N) is 1. The standard InChI is InChI=1S/C15H23BrN2/c1-10-6-13(7-11(2)14(10)16)18-15(3,9-17)8-12-4-5-12/h6-7,12,18H,4-5,8-9,17H2,1-3H3. The summed E-state index contributed by atoms with van der Waals surface area (Å²) in [5.74, 6) is 0.878. The molecule has 0 spiro atoms. The third kappa shape index (κ3) is 3.27. The summed E-state index contributed by atoms with van der Waals surface area (Å²) in [5, 5.41) is 3.64. The van der Waals surface area contributed by atoms with Gasteiger partial charge in [-0.1, -0.05) is 28.8 Å². The first kappa shape index (κ1) is 13.9. The fourth-order valence-electron chi connectivity index (χ4n) is 2.51. The van der Waals surface area contributed by atoms with Gasteiger partial charge in [-0.05, 0) is 56.4 Å². The van der Waals surface area contributed by atoms with E-state index in [1.807, 2.05) is 0 Å². The Labute approximate surface area is 118 Å². The van der Waals surface area contributed by atoms with Crippen LogP contribution in [0.2, 0.25) is 0 Å². The maximum Gasteiger partial charge on any atom is 0.0470 e. The van der Waals surface area contributed by atoms with Crippen molar-refractivity contribution in [3.63, 3.8) is 0 Å². The lowest BCUT2D eigenvalue weighted by Crippen LogP contribution is -2.43. The van der Waals surface area contributed by atoms with Crippen LogP contribution in [0.1, 0.15) is 37.3 Å². The van der Waals surface area contributed by atoms with E-state index >= 15 is 0 Å². The number of hydrogen-bond acceptors (Lipinski definition) is 2. The Morgan fingerprint density at radius 3 is 2.33 bits per heavy atom. The van der Waals surface area contributed by atoms with Gasteiger partial charge in [-0.15, -0.1) is 0 Å². The molecule has 0 saturated heterocycles. The monoisotopic (exact) mass is 310 g/mol. The normalized spacial score (nSPS) is 18.5. The van der Waals surface area contributed by atoms with Crippen LogP contribution < -0.4 is 11.1 Å². The van der Waals surface area contributed by atoms with E-state index in [-0.39, 0.29) is 5.54 Å². The third-order valence-corrected chi connectivity index (χ3v) is 5.02. The molecule has 1 unspecified atom stereocenters. The molecule has 100 valence electrons. The largest absolute Gasteiger partial charge is 0.379 e. The summed E-state index contributed by atoms with van der Waals surface area (Å²) in [5.41, 5.74) is 9.70. The summed E-state index contributed by atoms with van der Waals surface area (Å²) >= 11 is 3.61. The van der Waals surface area contributed by atoms with Crippen molar-refractivity contribution in [3.05, 3.63) is 27.7 Å². The fraction of sp³-hybridized carbons (Fsp3) is 0.600. The molecule has 1 aliphatic rings. The lowest BCUT2D eigenvalue weighted by Gasteiger charge is -2.31. The van der Waals surface area contributed by atoms with Crippen LogP contribution in [0.4, 0.5) is 5.69 Å². The predicted molar refractivity (Wildman–Crippen MR) is 82.0 cm³/mol. The van der Waals surface area contributed by atoms with Crippen molar-refractivity contribution in [2.75, 3.05) is 11.9 Å². The zero-order valence-corrected chi connectivity index (χ0v) is 13.1. The lowest BCUT2D eigenvalue weighted by molar-refractivity contribution is 0.453. The Kier molecular flexibility index (Phi) is 4.02. The molecule has 3 N–H and O–H groups in total. The van der Waals surface area contributed by atoms with E-state index in [0.717, 1.165) is 5.92 Å². The van der Waals surface area contributed by atoms with E-state index in [9.17, 15) is 0 Å². The van der Waals surface area contributed by atoms with Crippen molar-refractivity contribution in [1.29, 1.82) is 0 Å². The van der Waals surface area contributed by atoms with Crippen LogP contribution in [0.15, 0.2) is 16.6 Å². The van der Waals surface area contributed by atoms with E-state index in [1.165, 1.54) is 40.5 Å². The van der Waals surface area contributed by atoms with Gasteiger partial charge < -0.3 is 11.1 Å². The maximum atomic E-state index is 5.97. The summed E-state index contributed by atoms with van der Waals surface area (Å²) in [6, 6.07) is 4.38. The van der Waals surface area contributed by atoms with Crippen LogP contribution in [-0.4, -0.2) is 12.1 Å². The van der Waals surface area contributed by atoms with E-state index in [4.69, 9.17) is 5.73 Å². The first-order chi connectivity index (χ1) is 8.43. The third-order valence-electron chi connectivity index (χ3n) is 3.77. The molecule has 3 heteroatoms. The topological polar surface area (TPSA) is 38.0 Å². The highest BCUT2D eigenvalue weighted by atomic mass is 79.9. The summed E-state index contributed by atoms with van der Waals surface area (Å²) < 4.78 is 1.20. The molecule has 0 aliphatic heterocycles. The zero-order chi connectivity index (χ0) is 13.3. The molecule has 1 saturated carbocycles. The van der Waals surface area contributed by atoms with Crippen LogP contribution in [0, 0.1) is 19.8 Å². The maximum absolute atomic E-state index is 5.97. The van der Waals surface area contributed by atoms with Gasteiger partial charge in [0.2, 0.25) is 0 Å². The number of halogens is 1. The number of anilines is 1. The van der Waals surface area contributed by atoms with Gasteiger partial charge in [0.25, 0.3) is 0 Å². The van der Waals surface area contributed by atoms with Gasteiger partial charge in [0.05, 0.1) is 0 Å². The van der Waals surface area contributed by atoms with Gasteiger partial charge in [0, 0.05) is 22.2 Å². The van der Waals surface area contributed by atoms with Gasteiger partial charge in [0.15, 0.2) is 0 Å². The molecule has 0 bridgehead atoms. The highest BCUT2D eigenvalue weighted by Gasteiger charge is 2.32. The van der Waals surface area contributed by atoms with Crippen molar-refractivity contribution in [3.8, 4) is 0 Å². The minimum absolute atomic E-state index is 0.0217. The molecule has 1 fully saturated rings. The number of rotatable bonds is 5. The van der Waals surface area contributed by atoms with E-state index in [2.05, 4.69) is 54.2 Å². The van der Waals surface area contributed by atoms with Gasteiger partial charge in [-0.3, -0.25) is 0 Å². The number of nitrogens with one attached hydrogen (secondary N) is 1. The number of aryl methyl sites for hydroxylation is 2. The Morgan fingerprint density at radius 1 is 1.33 bits per heavy atom. The second-order valence-corrected chi connectivity index (χ2v) is 6.75. The number of hydrogen-bond donors (Lipinski definition) is 2.